The first-order valence-electron chi connectivity index (χ1n) is 7.85. The summed E-state index contributed by atoms with van der Waals surface area (Å²) in [6.45, 7) is 3.04. The van der Waals surface area contributed by atoms with Crippen LogP contribution in [0.4, 0.5) is 5.82 Å². The van der Waals surface area contributed by atoms with Gasteiger partial charge in [0.05, 0.1) is 24.0 Å². The summed E-state index contributed by atoms with van der Waals surface area (Å²) in [6.07, 6.45) is 5.64. The quantitative estimate of drug-likeness (QED) is 0.791. The molecule has 0 saturated carbocycles. The van der Waals surface area contributed by atoms with E-state index >= 15 is 0 Å². The van der Waals surface area contributed by atoms with E-state index in [1.807, 2.05) is 6.07 Å². The van der Waals surface area contributed by atoms with Crippen molar-refractivity contribution in [2.75, 3.05) is 18.5 Å². The lowest BCUT2D eigenvalue weighted by atomic mass is 10.00. The second kappa shape index (κ2) is 6.29. The van der Waals surface area contributed by atoms with Crippen molar-refractivity contribution in [2.45, 2.75) is 25.7 Å². The number of fused-ring (bicyclic) bond motifs is 1. The van der Waals surface area contributed by atoms with Crippen LogP contribution in [0.15, 0.2) is 23.8 Å². The first kappa shape index (κ1) is 15.2. The molecule has 8 heteroatoms. The van der Waals surface area contributed by atoms with Crippen molar-refractivity contribution in [1.29, 1.82) is 0 Å². The standard InChI is InChI=1S/C16H17N5O2S/c1-10(22)19-15-5-14-12(6-17-15)7-18-21(14)16-20-13(9-24-16)11-3-2-4-23-8-11/h5-7,9,11H,2-4,8H2,1H3,(H,17,19,22). The van der Waals surface area contributed by atoms with Gasteiger partial charge < -0.3 is 10.1 Å². The van der Waals surface area contributed by atoms with Gasteiger partial charge in [-0.05, 0) is 12.8 Å². The third-order valence-electron chi connectivity index (χ3n) is 4.03. The van der Waals surface area contributed by atoms with Crippen molar-refractivity contribution >= 4 is 34.0 Å². The zero-order valence-electron chi connectivity index (χ0n) is 13.2. The fourth-order valence-corrected chi connectivity index (χ4v) is 3.73. The van der Waals surface area contributed by atoms with E-state index < -0.39 is 0 Å². The Balaban J connectivity index is 1.68. The zero-order chi connectivity index (χ0) is 16.5. The van der Waals surface area contributed by atoms with Gasteiger partial charge >= 0.3 is 0 Å². The van der Waals surface area contributed by atoms with Gasteiger partial charge in [-0.2, -0.15) is 5.10 Å². The van der Waals surface area contributed by atoms with Crippen LogP contribution in [0.25, 0.3) is 16.0 Å². The van der Waals surface area contributed by atoms with Gasteiger partial charge in [0.2, 0.25) is 11.0 Å². The number of nitrogens with one attached hydrogen (secondary N) is 1. The molecule has 1 aliphatic heterocycles. The van der Waals surface area contributed by atoms with E-state index in [4.69, 9.17) is 9.72 Å². The second-order valence-corrected chi connectivity index (χ2v) is 6.67. The third-order valence-corrected chi connectivity index (χ3v) is 4.86. The Morgan fingerprint density at radius 2 is 2.38 bits per heavy atom. The van der Waals surface area contributed by atoms with Crippen LogP contribution in [0.1, 0.15) is 31.4 Å². The number of rotatable bonds is 3. The highest BCUT2D eigenvalue weighted by Crippen LogP contribution is 2.29. The fraction of sp³-hybridized carbons (Fsp3) is 0.375. The molecule has 0 spiro atoms. The highest BCUT2D eigenvalue weighted by molar-refractivity contribution is 7.12. The minimum Gasteiger partial charge on any atom is -0.381 e. The Kier molecular flexibility index (Phi) is 3.99. The number of carbonyl (C=O) groups is 1. The van der Waals surface area contributed by atoms with Crippen molar-refractivity contribution in [1.82, 2.24) is 19.7 Å². The van der Waals surface area contributed by atoms with Crippen molar-refractivity contribution in [3.05, 3.63) is 29.5 Å². The lowest BCUT2D eigenvalue weighted by Crippen LogP contribution is -2.15. The van der Waals surface area contributed by atoms with E-state index in [0.29, 0.717) is 11.7 Å². The molecular weight excluding hydrogens is 326 g/mol. The molecule has 1 aliphatic rings. The van der Waals surface area contributed by atoms with E-state index in [1.165, 1.54) is 6.92 Å². The number of amides is 1. The lowest BCUT2D eigenvalue weighted by Gasteiger charge is -2.19. The summed E-state index contributed by atoms with van der Waals surface area (Å²) in [5.41, 5.74) is 1.93. The smallest absolute Gasteiger partial charge is 0.222 e. The highest BCUT2D eigenvalue weighted by atomic mass is 32.1. The second-order valence-electron chi connectivity index (χ2n) is 5.83. The van der Waals surface area contributed by atoms with Crippen LogP contribution in [0.5, 0.6) is 0 Å². The summed E-state index contributed by atoms with van der Waals surface area (Å²) in [4.78, 5) is 20.2. The monoisotopic (exact) mass is 343 g/mol. The van der Waals surface area contributed by atoms with Gasteiger partial charge in [-0.25, -0.2) is 14.6 Å². The first-order valence-corrected chi connectivity index (χ1v) is 8.73. The van der Waals surface area contributed by atoms with E-state index in [2.05, 4.69) is 20.8 Å². The maximum absolute atomic E-state index is 11.2. The molecule has 0 radical (unpaired) electrons. The number of nitrogens with zero attached hydrogens (tertiary/aromatic N) is 4. The van der Waals surface area contributed by atoms with Crippen LogP contribution in [0.3, 0.4) is 0 Å². The van der Waals surface area contributed by atoms with Gasteiger partial charge in [0.1, 0.15) is 5.82 Å². The van der Waals surface area contributed by atoms with Gasteiger partial charge in [0, 0.05) is 42.5 Å². The molecule has 1 atom stereocenters. The Morgan fingerprint density at radius 3 is 3.17 bits per heavy atom. The molecule has 4 rings (SSSR count). The largest absolute Gasteiger partial charge is 0.381 e. The van der Waals surface area contributed by atoms with Crippen molar-refractivity contribution < 1.29 is 9.53 Å². The number of anilines is 1. The molecule has 3 aromatic heterocycles. The first-order chi connectivity index (χ1) is 11.7. The summed E-state index contributed by atoms with van der Waals surface area (Å²) in [6, 6.07) is 1.81. The lowest BCUT2D eigenvalue weighted by molar-refractivity contribution is -0.114. The number of thiazole rings is 1. The molecule has 1 saturated heterocycles. The van der Waals surface area contributed by atoms with E-state index in [1.54, 1.807) is 28.4 Å². The van der Waals surface area contributed by atoms with Gasteiger partial charge in [-0.15, -0.1) is 11.3 Å². The van der Waals surface area contributed by atoms with Crippen LogP contribution in [-0.2, 0) is 9.53 Å². The topological polar surface area (TPSA) is 81.9 Å². The zero-order valence-corrected chi connectivity index (χ0v) is 14.0. The Bertz CT molecular complexity index is 882. The normalized spacial score (nSPS) is 18.0. The van der Waals surface area contributed by atoms with Crippen LogP contribution in [0, 0.1) is 0 Å². The van der Waals surface area contributed by atoms with Crippen molar-refractivity contribution in [2.24, 2.45) is 0 Å². The molecule has 3 aromatic rings. The van der Waals surface area contributed by atoms with Gasteiger partial charge in [0.15, 0.2) is 0 Å². The summed E-state index contributed by atoms with van der Waals surface area (Å²) < 4.78 is 7.34. The van der Waals surface area contributed by atoms with Crippen LogP contribution >= 0.6 is 11.3 Å². The molecule has 124 valence electrons. The molecule has 4 heterocycles. The summed E-state index contributed by atoms with van der Waals surface area (Å²) in [5.74, 6) is 0.721. The third kappa shape index (κ3) is 2.90. The number of hydrogen-bond donors (Lipinski definition) is 1. The molecule has 24 heavy (non-hydrogen) atoms. The number of aromatic nitrogens is 4. The Morgan fingerprint density at radius 1 is 1.46 bits per heavy atom. The van der Waals surface area contributed by atoms with Gasteiger partial charge in [-0.1, -0.05) is 0 Å². The fourth-order valence-electron chi connectivity index (χ4n) is 2.86. The molecule has 0 aromatic carbocycles. The number of hydrogen-bond acceptors (Lipinski definition) is 6. The predicted octanol–water partition coefficient (Wildman–Crippen LogP) is 2.73. The molecule has 1 fully saturated rings. The van der Waals surface area contributed by atoms with Crippen LogP contribution in [-0.4, -0.2) is 38.9 Å². The Hall–Kier alpha value is -2.32. The molecule has 0 bridgehead atoms. The predicted molar refractivity (Wildman–Crippen MR) is 91.6 cm³/mol. The highest BCUT2D eigenvalue weighted by Gasteiger charge is 2.20. The minimum absolute atomic E-state index is 0.151. The Labute approximate surface area is 142 Å². The van der Waals surface area contributed by atoms with Gasteiger partial charge in [0.25, 0.3) is 0 Å². The van der Waals surface area contributed by atoms with E-state index in [-0.39, 0.29) is 5.91 Å². The summed E-state index contributed by atoms with van der Waals surface area (Å²) in [7, 11) is 0. The summed E-state index contributed by atoms with van der Waals surface area (Å²) >= 11 is 1.56. The number of carbonyl (C=O) groups excluding carboxylic acids is 1. The minimum atomic E-state index is -0.151. The maximum atomic E-state index is 11.2. The summed E-state index contributed by atoms with van der Waals surface area (Å²) in [5, 5.41) is 10.9. The number of pyridine rings is 1. The van der Waals surface area contributed by atoms with Crippen LogP contribution < -0.4 is 5.32 Å². The maximum Gasteiger partial charge on any atom is 0.222 e. The SMILES string of the molecule is CC(=O)Nc1cc2c(cn1)cnn2-c1nc(C2CCCOC2)cs1. The molecular formula is C16H17N5O2S. The molecule has 0 aliphatic carbocycles. The van der Waals surface area contributed by atoms with Crippen molar-refractivity contribution in [3.63, 3.8) is 0 Å². The average Bonchev–Trinajstić information content (AvgIpc) is 3.21. The molecule has 1 amide bonds. The van der Waals surface area contributed by atoms with Crippen LogP contribution in [0.2, 0.25) is 0 Å². The molecule has 1 N–H and O–H groups in total. The van der Waals surface area contributed by atoms with E-state index in [0.717, 1.165) is 47.8 Å². The molecule has 1 unspecified atom stereocenters. The average molecular weight is 343 g/mol. The van der Waals surface area contributed by atoms with Gasteiger partial charge in [-0.3, -0.25) is 4.79 Å². The molecule has 7 nitrogen and oxygen atoms in total. The van der Waals surface area contributed by atoms with E-state index in [9.17, 15) is 4.79 Å². The number of ether oxygens (including phenoxy) is 1. The van der Waals surface area contributed by atoms with Crippen molar-refractivity contribution in [3.8, 4) is 5.13 Å².